The first-order valence-electron chi connectivity index (χ1n) is 9.25. The van der Waals surface area contributed by atoms with Crippen molar-refractivity contribution in [1.29, 1.82) is 0 Å². The molecule has 3 heterocycles. The van der Waals surface area contributed by atoms with Crippen LogP contribution in [0, 0.1) is 0 Å². The number of rotatable bonds is 8. The van der Waals surface area contributed by atoms with E-state index < -0.39 is 5.78 Å². The molecule has 0 aliphatic carbocycles. The zero-order valence-corrected chi connectivity index (χ0v) is 16.0. The van der Waals surface area contributed by atoms with Gasteiger partial charge >= 0.3 is 0 Å². The van der Waals surface area contributed by atoms with E-state index in [4.69, 9.17) is 4.74 Å². The van der Waals surface area contributed by atoms with E-state index in [2.05, 4.69) is 20.2 Å². The van der Waals surface area contributed by atoms with Crippen LogP contribution in [0.4, 0.5) is 0 Å². The van der Waals surface area contributed by atoms with E-state index >= 15 is 0 Å². The number of nitrogens with one attached hydrogen (secondary N) is 1. The predicted octanol–water partition coefficient (Wildman–Crippen LogP) is 3.41. The van der Waals surface area contributed by atoms with Crippen molar-refractivity contribution < 1.29 is 14.6 Å². The summed E-state index contributed by atoms with van der Waals surface area (Å²) < 4.78 is 7.85. The molecular weight excluding hydrogens is 382 g/mol. The van der Waals surface area contributed by atoms with Gasteiger partial charge in [-0.3, -0.25) is 14.9 Å². The normalized spacial score (nSPS) is 11.4. The van der Waals surface area contributed by atoms with E-state index in [0.717, 1.165) is 23.1 Å². The number of carbonyl (C=O) groups excluding carboxylic acids is 1. The van der Waals surface area contributed by atoms with Crippen molar-refractivity contribution >= 4 is 11.5 Å². The van der Waals surface area contributed by atoms with Crippen LogP contribution in [-0.2, 0) is 13.2 Å². The molecule has 0 radical (unpaired) electrons. The molecule has 0 spiro atoms. The van der Waals surface area contributed by atoms with Crippen molar-refractivity contribution in [2.75, 3.05) is 0 Å². The number of carbonyl (C=O) groups is 1. The van der Waals surface area contributed by atoms with Crippen LogP contribution in [0.5, 0.6) is 5.75 Å². The zero-order valence-electron chi connectivity index (χ0n) is 16.0. The molecule has 4 aromatic rings. The smallest absolute Gasteiger partial charge is 0.226 e. The molecule has 0 aliphatic rings. The summed E-state index contributed by atoms with van der Waals surface area (Å²) in [6, 6.07) is 15.1. The maximum Gasteiger partial charge on any atom is 0.226 e. The number of hydrogen-bond donors (Lipinski definition) is 2. The van der Waals surface area contributed by atoms with Gasteiger partial charge in [0.25, 0.3) is 0 Å². The second-order valence-corrected chi connectivity index (χ2v) is 6.53. The number of nitrogens with zero attached hydrogens (tertiary/aromatic N) is 4. The number of hydrogen-bond acceptors (Lipinski definition) is 6. The minimum atomic E-state index is -0.464. The van der Waals surface area contributed by atoms with Crippen molar-refractivity contribution in [2.45, 2.75) is 13.2 Å². The summed E-state index contributed by atoms with van der Waals surface area (Å²) in [6.07, 6.45) is 7.60. The first-order chi connectivity index (χ1) is 14.7. The second kappa shape index (κ2) is 8.87. The summed E-state index contributed by atoms with van der Waals surface area (Å²) >= 11 is 0. The average Bonchev–Trinajstić information content (AvgIpc) is 3.44. The van der Waals surface area contributed by atoms with Gasteiger partial charge in [-0.25, -0.2) is 4.98 Å². The molecule has 4 rings (SSSR count). The lowest BCUT2D eigenvalue weighted by Gasteiger charge is -2.10. The highest BCUT2D eigenvalue weighted by Gasteiger charge is 2.13. The minimum absolute atomic E-state index is 0.0606. The number of aliphatic hydroxyl groups excluding tert-OH is 1. The molecule has 0 bridgehead atoms. The maximum absolute atomic E-state index is 12.2. The third-order valence-electron chi connectivity index (χ3n) is 4.43. The molecule has 8 heteroatoms. The molecule has 1 aromatic carbocycles. The first kappa shape index (κ1) is 19.1. The summed E-state index contributed by atoms with van der Waals surface area (Å²) in [4.78, 5) is 20.0. The number of para-hydroxylation sites is 1. The Kier molecular flexibility index (Phi) is 5.66. The van der Waals surface area contributed by atoms with E-state index in [1.807, 2.05) is 47.0 Å². The molecule has 0 unspecified atom stereocenters. The van der Waals surface area contributed by atoms with E-state index in [1.54, 1.807) is 24.7 Å². The maximum atomic E-state index is 12.2. The Morgan fingerprint density at radius 3 is 2.70 bits per heavy atom. The number of aliphatic hydroxyl groups is 1. The number of H-pyrrole nitrogens is 1. The van der Waals surface area contributed by atoms with Crippen LogP contribution in [0.3, 0.4) is 0 Å². The lowest BCUT2D eigenvalue weighted by atomic mass is 10.2. The second-order valence-electron chi connectivity index (χ2n) is 6.53. The molecule has 0 aliphatic heterocycles. The minimum Gasteiger partial charge on any atom is -0.507 e. The van der Waals surface area contributed by atoms with Crippen LogP contribution >= 0.6 is 0 Å². The van der Waals surface area contributed by atoms with Gasteiger partial charge < -0.3 is 14.4 Å². The van der Waals surface area contributed by atoms with Crippen LogP contribution in [0.1, 0.15) is 27.4 Å². The first-order valence-corrected chi connectivity index (χ1v) is 9.25. The Hall–Kier alpha value is -4.20. The highest BCUT2D eigenvalue weighted by molar-refractivity contribution is 6.05. The largest absolute Gasteiger partial charge is 0.507 e. The predicted molar refractivity (Wildman–Crippen MR) is 110 cm³/mol. The number of aromatic amines is 1. The van der Waals surface area contributed by atoms with Crippen LogP contribution < -0.4 is 4.74 Å². The van der Waals surface area contributed by atoms with Crippen molar-refractivity contribution in [3.63, 3.8) is 0 Å². The van der Waals surface area contributed by atoms with Gasteiger partial charge in [-0.2, -0.15) is 5.10 Å². The van der Waals surface area contributed by atoms with Gasteiger partial charge in [0, 0.05) is 36.8 Å². The van der Waals surface area contributed by atoms with Gasteiger partial charge in [-0.05, 0) is 35.9 Å². The monoisotopic (exact) mass is 401 g/mol. The average molecular weight is 401 g/mol. The van der Waals surface area contributed by atoms with Crippen molar-refractivity contribution in [2.24, 2.45) is 0 Å². The van der Waals surface area contributed by atoms with E-state index in [1.165, 1.54) is 6.33 Å². The van der Waals surface area contributed by atoms with Crippen molar-refractivity contribution in [3.8, 4) is 5.75 Å². The number of ketones is 1. The molecule has 0 fully saturated rings. The molecule has 3 aromatic heterocycles. The van der Waals surface area contributed by atoms with Crippen LogP contribution in [0.25, 0.3) is 5.76 Å². The fraction of sp³-hybridized carbons (Fsp3) is 0.0909. The Bertz CT molecular complexity index is 1140. The third kappa shape index (κ3) is 4.61. The topological polar surface area (TPSA) is 106 Å². The summed E-state index contributed by atoms with van der Waals surface area (Å²) in [5, 5.41) is 16.6. The molecule has 30 heavy (non-hydrogen) atoms. The molecular formula is C22H19N5O3. The van der Waals surface area contributed by atoms with Crippen LogP contribution in [0.15, 0.2) is 79.5 Å². The van der Waals surface area contributed by atoms with Gasteiger partial charge in [0.2, 0.25) is 5.78 Å². The van der Waals surface area contributed by atoms with Gasteiger partial charge in [0.05, 0.1) is 5.69 Å². The van der Waals surface area contributed by atoms with Gasteiger partial charge in [0.15, 0.2) is 5.82 Å². The highest BCUT2D eigenvalue weighted by atomic mass is 16.5. The van der Waals surface area contributed by atoms with Crippen molar-refractivity contribution in [3.05, 3.63) is 102 Å². The standard InChI is InChI=1S/C22H19N5O3/c28-20(11-21(29)22-24-15-25-26-22)17-10-18(14-30-19-4-2-1-3-5-19)27(13-17)12-16-6-8-23-9-7-16/h1-11,13,15,28H,12,14H2,(H,24,25,26). The number of aromatic nitrogens is 5. The Morgan fingerprint density at radius 1 is 1.17 bits per heavy atom. The SMILES string of the molecule is O=C(C=C(O)c1cc(COc2ccccc2)n(Cc2ccncc2)c1)c1ncn[nH]1. The molecule has 0 atom stereocenters. The lowest BCUT2D eigenvalue weighted by molar-refractivity contribution is 0.103. The third-order valence-corrected chi connectivity index (χ3v) is 4.43. The molecule has 0 amide bonds. The summed E-state index contributed by atoms with van der Waals surface area (Å²) in [6.45, 7) is 0.873. The fourth-order valence-electron chi connectivity index (χ4n) is 2.92. The van der Waals surface area contributed by atoms with E-state index in [9.17, 15) is 9.90 Å². The summed E-state index contributed by atoms with van der Waals surface area (Å²) in [5.41, 5.74) is 2.40. The molecule has 150 valence electrons. The quantitative estimate of drug-likeness (QED) is 0.266. The number of allylic oxidation sites excluding steroid dienone is 1. The van der Waals surface area contributed by atoms with Crippen LogP contribution in [0.2, 0.25) is 0 Å². The summed E-state index contributed by atoms with van der Waals surface area (Å²) in [7, 11) is 0. The number of ether oxygens (including phenoxy) is 1. The summed E-state index contributed by atoms with van der Waals surface area (Å²) in [5.74, 6) is 0.182. The van der Waals surface area contributed by atoms with Crippen molar-refractivity contribution in [1.82, 2.24) is 24.7 Å². The van der Waals surface area contributed by atoms with Crippen LogP contribution in [-0.4, -0.2) is 35.6 Å². The Labute approximate surface area is 172 Å². The van der Waals surface area contributed by atoms with Gasteiger partial charge in [0.1, 0.15) is 24.4 Å². The Balaban J connectivity index is 1.60. The Morgan fingerprint density at radius 2 is 1.97 bits per heavy atom. The molecule has 2 N–H and O–H groups in total. The molecule has 0 saturated heterocycles. The highest BCUT2D eigenvalue weighted by Crippen LogP contribution is 2.20. The molecule has 0 saturated carbocycles. The van der Waals surface area contributed by atoms with E-state index in [-0.39, 0.29) is 11.6 Å². The van der Waals surface area contributed by atoms with Gasteiger partial charge in [-0.1, -0.05) is 18.2 Å². The number of benzene rings is 1. The van der Waals surface area contributed by atoms with Gasteiger partial charge in [-0.15, -0.1) is 0 Å². The van der Waals surface area contributed by atoms with E-state index in [0.29, 0.717) is 18.7 Å². The lowest BCUT2D eigenvalue weighted by Crippen LogP contribution is -2.06. The molecule has 8 nitrogen and oxygen atoms in total. The fourth-order valence-corrected chi connectivity index (χ4v) is 2.92. The zero-order chi connectivity index (χ0) is 20.8. The number of pyridine rings is 1.